The molecule has 1 aromatic carbocycles. The first kappa shape index (κ1) is 14.3. The molecule has 1 N–H and O–H groups in total. The highest BCUT2D eigenvalue weighted by Gasteiger charge is 2.44. The van der Waals surface area contributed by atoms with Gasteiger partial charge in [-0.1, -0.05) is 37.3 Å². The fourth-order valence-electron chi connectivity index (χ4n) is 2.92. The molecule has 0 radical (unpaired) electrons. The van der Waals surface area contributed by atoms with Gasteiger partial charge in [0.1, 0.15) is 0 Å². The van der Waals surface area contributed by atoms with Crippen molar-refractivity contribution in [3.05, 3.63) is 56.7 Å². The van der Waals surface area contributed by atoms with Crippen LogP contribution in [0.5, 0.6) is 0 Å². The minimum atomic E-state index is 0.511. The summed E-state index contributed by atoms with van der Waals surface area (Å²) in [4.78, 5) is 1.47. The van der Waals surface area contributed by atoms with Crippen molar-refractivity contribution in [2.24, 2.45) is 5.92 Å². The molecule has 0 amide bonds. The van der Waals surface area contributed by atoms with E-state index in [1.807, 2.05) is 11.3 Å². The van der Waals surface area contributed by atoms with E-state index in [1.165, 1.54) is 27.8 Å². The lowest BCUT2D eigenvalue weighted by Crippen LogP contribution is -2.23. The first-order valence-corrected chi connectivity index (χ1v) is 8.99. The third-order valence-corrected chi connectivity index (χ3v) is 5.78. The zero-order valence-corrected chi connectivity index (χ0v) is 14.1. The van der Waals surface area contributed by atoms with Crippen LogP contribution in [0.1, 0.15) is 42.2 Å². The molecule has 3 rings (SSSR count). The van der Waals surface area contributed by atoms with Gasteiger partial charge in [-0.05, 0) is 58.8 Å². The molecule has 0 spiro atoms. The van der Waals surface area contributed by atoms with E-state index >= 15 is 0 Å². The summed E-state index contributed by atoms with van der Waals surface area (Å²) in [7, 11) is 0. The largest absolute Gasteiger partial charge is 0.309 e. The molecule has 3 atom stereocenters. The molecule has 106 valence electrons. The summed E-state index contributed by atoms with van der Waals surface area (Å²) in [5, 5.41) is 5.94. The fraction of sp³-hybridized carbons (Fsp3) is 0.412. The zero-order chi connectivity index (χ0) is 13.9. The highest BCUT2D eigenvalue weighted by atomic mass is 79.9. The topological polar surface area (TPSA) is 12.0 Å². The van der Waals surface area contributed by atoms with Crippen molar-refractivity contribution in [2.75, 3.05) is 6.54 Å². The van der Waals surface area contributed by atoms with Crippen molar-refractivity contribution < 1.29 is 0 Å². The summed E-state index contributed by atoms with van der Waals surface area (Å²) in [5.74, 6) is 1.47. The second kappa shape index (κ2) is 6.42. The molecule has 3 heteroatoms. The molecule has 1 fully saturated rings. The van der Waals surface area contributed by atoms with Crippen LogP contribution in [0.3, 0.4) is 0 Å². The van der Waals surface area contributed by atoms with Gasteiger partial charge in [-0.3, -0.25) is 0 Å². The Morgan fingerprint density at radius 2 is 2.15 bits per heavy atom. The normalized spacial score (nSPS) is 22.7. The van der Waals surface area contributed by atoms with Crippen LogP contribution in [-0.2, 0) is 0 Å². The maximum absolute atomic E-state index is 3.75. The Hall–Kier alpha value is -0.640. The van der Waals surface area contributed by atoms with Crippen molar-refractivity contribution in [3.8, 4) is 0 Å². The van der Waals surface area contributed by atoms with E-state index in [4.69, 9.17) is 0 Å². The minimum Gasteiger partial charge on any atom is -0.309 e. The molecule has 0 bridgehead atoms. The molecule has 3 unspecified atom stereocenters. The summed E-state index contributed by atoms with van der Waals surface area (Å²) in [5.41, 5.74) is 1.50. The van der Waals surface area contributed by atoms with Gasteiger partial charge in [0.2, 0.25) is 0 Å². The lowest BCUT2D eigenvalue weighted by molar-refractivity contribution is 0.480. The molecule has 1 heterocycles. The van der Waals surface area contributed by atoms with Gasteiger partial charge in [-0.15, -0.1) is 11.3 Å². The maximum Gasteiger partial charge on any atom is 0.0449 e. The van der Waals surface area contributed by atoms with Crippen molar-refractivity contribution >= 4 is 27.3 Å². The molecule has 1 saturated carbocycles. The molecule has 0 aliphatic heterocycles. The Labute approximate surface area is 133 Å². The quantitative estimate of drug-likeness (QED) is 0.740. The number of rotatable bonds is 6. The molecule has 1 aliphatic rings. The molecule has 20 heavy (non-hydrogen) atoms. The van der Waals surface area contributed by atoms with E-state index in [0.29, 0.717) is 6.04 Å². The fourth-order valence-corrected chi connectivity index (χ4v) is 4.52. The molecular weight excluding hydrogens is 330 g/mol. The molecule has 1 aromatic heterocycles. The summed E-state index contributed by atoms with van der Waals surface area (Å²) in [6.45, 7) is 3.33. The lowest BCUT2D eigenvalue weighted by atomic mass is 10.0. The molecule has 1 aliphatic carbocycles. The van der Waals surface area contributed by atoms with Crippen LogP contribution in [0.15, 0.2) is 46.3 Å². The second-order valence-corrected chi connectivity index (χ2v) is 7.37. The van der Waals surface area contributed by atoms with Crippen LogP contribution in [0.25, 0.3) is 0 Å². The van der Waals surface area contributed by atoms with E-state index in [2.05, 4.69) is 69.9 Å². The Balaban J connectivity index is 1.74. The van der Waals surface area contributed by atoms with Crippen molar-refractivity contribution in [2.45, 2.75) is 31.7 Å². The van der Waals surface area contributed by atoms with E-state index in [9.17, 15) is 0 Å². The monoisotopic (exact) mass is 349 g/mol. The van der Waals surface area contributed by atoms with Gasteiger partial charge >= 0.3 is 0 Å². The Bertz CT molecular complexity index is 551. The maximum atomic E-state index is 3.75. The summed E-state index contributed by atoms with van der Waals surface area (Å²) in [6, 6.07) is 13.7. The minimum absolute atomic E-state index is 0.511. The SMILES string of the molecule is CCCNC(c1cc(Br)cs1)C1CC1c1ccccc1. The second-order valence-electron chi connectivity index (χ2n) is 5.52. The number of nitrogens with one attached hydrogen (secondary N) is 1. The molecule has 0 saturated heterocycles. The van der Waals surface area contributed by atoms with Crippen LogP contribution in [-0.4, -0.2) is 6.54 Å². The Morgan fingerprint density at radius 1 is 1.35 bits per heavy atom. The number of benzene rings is 1. The molecule has 2 aromatic rings. The van der Waals surface area contributed by atoms with Gasteiger partial charge in [0.05, 0.1) is 0 Å². The van der Waals surface area contributed by atoms with Crippen molar-refractivity contribution in [3.63, 3.8) is 0 Å². The Kier molecular flexibility index (Phi) is 4.59. The lowest BCUT2D eigenvalue weighted by Gasteiger charge is -2.17. The van der Waals surface area contributed by atoms with Crippen LogP contribution >= 0.6 is 27.3 Å². The molecular formula is C17H20BrNS. The third kappa shape index (κ3) is 3.16. The van der Waals surface area contributed by atoms with Gasteiger partial charge in [0, 0.05) is 20.8 Å². The average Bonchev–Trinajstić information content (AvgIpc) is 3.15. The van der Waals surface area contributed by atoms with Gasteiger partial charge in [-0.2, -0.15) is 0 Å². The number of halogens is 1. The van der Waals surface area contributed by atoms with Crippen LogP contribution < -0.4 is 5.32 Å². The summed E-state index contributed by atoms with van der Waals surface area (Å²) >= 11 is 5.45. The number of hydrogen-bond acceptors (Lipinski definition) is 2. The third-order valence-electron chi connectivity index (χ3n) is 4.00. The van der Waals surface area contributed by atoms with E-state index < -0.39 is 0 Å². The van der Waals surface area contributed by atoms with Gasteiger partial charge in [0.25, 0.3) is 0 Å². The van der Waals surface area contributed by atoms with Gasteiger partial charge < -0.3 is 5.32 Å². The molecule has 1 nitrogen and oxygen atoms in total. The predicted molar refractivity (Wildman–Crippen MR) is 90.3 cm³/mol. The average molecular weight is 350 g/mol. The van der Waals surface area contributed by atoms with Crippen molar-refractivity contribution in [1.82, 2.24) is 5.32 Å². The number of thiophene rings is 1. The summed E-state index contributed by atoms with van der Waals surface area (Å²) < 4.78 is 1.21. The first-order chi connectivity index (χ1) is 9.79. The van der Waals surface area contributed by atoms with Gasteiger partial charge in [0.15, 0.2) is 0 Å². The summed E-state index contributed by atoms with van der Waals surface area (Å²) in [6.07, 6.45) is 2.49. The van der Waals surface area contributed by atoms with Crippen LogP contribution in [0, 0.1) is 5.92 Å². The van der Waals surface area contributed by atoms with Crippen molar-refractivity contribution in [1.29, 1.82) is 0 Å². The predicted octanol–water partition coefficient (Wildman–Crippen LogP) is 5.36. The zero-order valence-electron chi connectivity index (χ0n) is 11.7. The van der Waals surface area contributed by atoms with Crippen LogP contribution in [0.4, 0.5) is 0 Å². The number of hydrogen-bond donors (Lipinski definition) is 1. The highest BCUT2D eigenvalue weighted by Crippen LogP contribution is 2.54. The standard InChI is InChI=1S/C17H20BrNS/c1-2-8-19-17(16-9-13(18)11-20-16)15-10-14(15)12-6-4-3-5-7-12/h3-7,9,11,14-15,17,19H,2,8,10H2,1H3. The van der Waals surface area contributed by atoms with E-state index in [-0.39, 0.29) is 0 Å². The smallest absolute Gasteiger partial charge is 0.0449 e. The highest BCUT2D eigenvalue weighted by molar-refractivity contribution is 9.10. The van der Waals surface area contributed by atoms with E-state index in [1.54, 1.807) is 0 Å². The first-order valence-electron chi connectivity index (χ1n) is 7.32. The van der Waals surface area contributed by atoms with Gasteiger partial charge in [-0.25, -0.2) is 0 Å². The van der Waals surface area contributed by atoms with E-state index in [0.717, 1.165) is 18.4 Å². The van der Waals surface area contributed by atoms with Crippen LogP contribution in [0.2, 0.25) is 0 Å². The Morgan fingerprint density at radius 3 is 2.80 bits per heavy atom.